The first-order valence-electron chi connectivity index (χ1n) is 4.54. The molecule has 0 aromatic rings. The molecule has 0 aliphatic heterocycles. The van der Waals surface area contributed by atoms with Crippen LogP contribution in [0.4, 0.5) is 22.0 Å². The fourth-order valence-corrected chi connectivity index (χ4v) is 1.93. The molecule has 2 N–H and O–H groups in total. The van der Waals surface area contributed by atoms with E-state index in [2.05, 4.69) is 0 Å². The molecular weight excluding hydrogens is 273 g/mol. The van der Waals surface area contributed by atoms with E-state index >= 15 is 0 Å². The first-order chi connectivity index (χ1) is 7.53. The van der Waals surface area contributed by atoms with E-state index in [0.717, 1.165) is 0 Å². The van der Waals surface area contributed by atoms with Gasteiger partial charge in [0.25, 0.3) is 6.43 Å². The molecule has 0 rings (SSSR count). The fraction of sp³-hybridized carbons (Fsp3) is 1.00. The van der Waals surface area contributed by atoms with Crippen LogP contribution in [0, 0.1) is 0 Å². The maximum Gasteiger partial charge on any atom is 0.389 e. The molecule has 0 spiro atoms. The lowest BCUT2D eigenvalue weighted by Crippen LogP contribution is -2.37. The van der Waals surface area contributed by atoms with Gasteiger partial charge in [-0.25, -0.2) is 21.9 Å². The molecule has 1 atom stereocenters. The first-order valence-corrected chi connectivity index (χ1v) is 6.19. The second kappa shape index (κ2) is 6.45. The molecule has 104 valence electrons. The number of aliphatic hydroxyl groups is 1. The Morgan fingerprint density at radius 2 is 1.76 bits per heavy atom. The molecule has 0 bridgehead atoms. The minimum atomic E-state index is -4.46. The minimum Gasteiger partial charge on any atom is -0.386 e. The van der Waals surface area contributed by atoms with Crippen LogP contribution in [0.5, 0.6) is 0 Å². The van der Waals surface area contributed by atoms with Crippen LogP contribution < -0.4 is 4.72 Å². The summed E-state index contributed by atoms with van der Waals surface area (Å²) in [6, 6.07) is 0. The molecule has 0 saturated carbocycles. The highest BCUT2D eigenvalue weighted by atomic mass is 32.2. The number of aliphatic hydroxyl groups excluding tert-OH is 1. The molecule has 4 nitrogen and oxygen atoms in total. The summed E-state index contributed by atoms with van der Waals surface area (Å²) in [5, 5.41) is 8.59. The zero-order valence-electron chi connectivity index (χ0n) is 8.54. The van der Waals surface area contributed by atoms with Crippen LogP contribution in [0.15, 0.2) is 0 Å². The Labute approximate surface area is 94.9 Å². The van der Waals surface area contributed by atoms with Crippen molar-refractivity contribution < 1.29 is 35.5 Å². The summed E-state index contributed by atoms with van der Waals surface area (Å²) in [5.41, 5.74) is 0. The van der Waals surface area contributed by atoms with Gasteiger partial charge < -0.3 is 5.11 Å². The van der Waals surface area contributed by atoms with Crippen molar-refractivity contribution in [3.05, 3.63) is 0 Å². The van der Waals surface area contributed by atoms with Gasteiger partial charge in [-0.15, -0.1) is 0 Å². The van der Waals surface area contributed by atoms with E-state index in [0.29, 0.717) is 0 Å². The second-order valence-corrected chi connectivity index (χ2v) is 5.21. The third kappa shape index (κ3) is 9.24. The number of hydrogen-bond donors (Lipinski definition) is 2. The molecule has 0 saturated heterocycles. The van der Waals surface area contributed by atoms with Crippen molar-refractivity contribution in [2.75, 3.05) is 12.3 Å². The van der Waals surface area contributed by atoms with Gasteiger partial charge in [0, 0.05) is 13.0 Å². The van der Waals surface area contributed by atoms with Crippen molar-refractivity contribution in [2.24, 2.45) is 0 Å². The number of nitrogens with one attached hydrogen (secondary N) is 1. The van der Waals surface area contributed by atoms with Crippen molar-refractivity contribution in [3.63, 3.8) is 0 Å². The molecule has 0 aliphatic carbocycles. The van der Waals surface area contributed by atoms with Gasteiger partial charge in [-0.1, -0.05) is 0 Å². The molecule has 17 heavy (non-hydrogen) atoms. The lowest BCUT2D eigenvalue weighted by molar-refractivity contribution is -0.134. The van der Waals surface area contributed by atoms with Gasteiger partial charge in [0.05, 0.1) is 5.75 Å². The van der Waals surface area contributed by atoms with Gasteiger partial charge in [0.2, 0.25) is 10.0 Å². The van der Waals surface area contributed by atoms with Gasteiger partial charge >= 0.3 is 6.18 Å². The van der Waals surface area contributed by atoms with Crippen LogP contribution in [0.25, 0.3) is 0 Å². The van der Waals surface area contributed by atoms with Crippen LogP contribution in [-0.2, 0) is 10.0 Å². The summed E-state index contributed by atoms with van der Waals surface area (Å²) >= 11 is 0. The smallest absolute Gasteiger partial charge is 0.386 e. The Balaban J connectivity index is 3.97. The highest BCUT2D eigenvalue weighted by Gasteiger charge is 2.27. The van der Waals surface area contributed by atoms with Gasteiger partial charge in [0.1, 0.15) is 6.10 Å². The third-order valence-electron chi connectivity index (χ3n) is 1.68. The summed E-state index contributed by atoms with van der Waals surface area (Å²) < 4.78 is 82.3. The normalized spacial score (nSPS) is 15.2. The third-order valence-corrected chi connectivity index (χ3v) is 3.11. The lowest BCUT2D eigenvalue weighted by Gasteiger charge is -2.11. The van der Waals surface area contributed by atoms with Crippen molar-refractivity contribution >= 4 is 10.0 Å². The van der Waals surface area contributed by atoms with Crippen molar-refractivity contribution in [3.8, 4) is 0 Å². The number of alkyl halides is 5. The van der Waals surface area contributed by atoms with Crippen molar-refractivity contribution in [1.29, 1.82) is 0 Å². The van der Waals surface area contributed by atoms with Crippen LogP contribution in [-0.4, -0.2) is 44.5 Å². The number of rotatable bonds is 7. The zero-order valence-corrected chi connectivity index (χ0v) is 9.36. The van der Waals surface area contributed by atoms with Gasteiger partial charge in [-0.2, -0.15) is 13.2 Å². The Hall–Kier alpha value is -0.480. The molecule has 0 aliphatic rings. The van der Waals surface area contributed by atoms with Crippen LogP contribution in [0.2, 0.25) is 0 Å². The number of halogens is 5. The van der Waals surface area contributed by atoms with Gasteiger partial charge in [0.15, 0.2) is 0 Å². The van der Waals surface area contributed by atoms with Crippen molar-refractivity contribution in [2.45, 2.75) is 31.5 Å². The predicted molar refractivity (Wildman–Crippen MR) is 49.1 cm³/mol. The van der Waals surface area contributed by atoms with E-state index in [9.17, 15) is 30.4 Å². The fourth-order valence-electron chi connectivity index (χ4n) is 0.836. The quantitative estimate of drug-likeness (QED) is 0.682. The highest BCUT2D eigenvalue weighted by Crippen LogP contribution is 2.21. The Morgan fingerprint density at radius 3 is 2.18 bits per heavy atom. The molecule has 10 heteroatoms. The van der Waals surface area contributed by atoms with Gasteiger partial charge in [-0.05, 0) is 6.42 Å². The molecule has 0 amide bonds. The molecular formula is C7H12F5NO3S. The SMILES string of the molecule is O=S(=O)(CCCC(F)(F)F)NCC(O)C(F)F. The van der Waals surface area contributed by atoms with Crippen LogP contribution in [0.3, 0.4) is 0 Å². The van der Waals surface area contributed by atoms with Crippen LogP contribution in [0.1, 0.15) is 12.8 Å². The highest BCUT2D eigenvalue weighted by molar-refractivity contribution is 7.89. The lowest BCUT2D eigenvalue weighted by atomic mass is 10.3. The standard InChI is InChI=1S/C7H12F5NO3S/c8-6(9)5(14)4-13-17(15,16)3-1-2-7(10,11)12/h5-6,13-14H,1-4H2. The van der Waals surface area contributed by atoms with Gasteiger partial charge in [-0.3, -0.25) is 0 Å². The molecule has 0 radical (unpaired) electrons. The molecule has 0 fully saturated rings. The Bertz CT molecular complexity index is 316. The summed E-state index contributed by atoms with van der Waals surface area (Å²) in [7, 11) is -4.08. The Kier molecular flexibility index (Phi) is 6.27. The van der Waals surface area contributed by atoms with Crippen molar-refractivity contribution in [1.82, 2.24) is 4.72 Å². The summed E-state index contributed by atoms with van der Waals surface area (Å²) in [4.78, 5) is 0. The molecule has 1 unspecified atom stereocenters. The first kappa shape index (κ1) is 16.5. The number of hydrogen-bond acceptors (Lipinski definition) is 3. The van der Waals surface area contributed by atoms with E-state index < -0.39 is 53.9 Å². The largest absolute Gasteiger partial charge is 0.389 e. The summed E-state index contributed by atoms with van der Waals surface area (Å²) in [6.07, 6.45) is -11.7. The monoisotopic (exact) mass is 285 g/mol. The van der Waals surface area contributed by atoms with E-state index in [4.69, 9.17) is 5.11 Å². The van der Waals surface area contributed by atoms with Crippen LogP contribution >= 0.6 is 0 Å². The number of sulfonamides is 1. The van der Waals surface area contributed by atoms with E-state index in [1.165, 1.54) is 0 Å². The zero-order chi connectivity index (χ0) is 13.7. The topological polar surface area (TPSA) is 66.4 Å². The Morgan fingerprint density at radius 1 is 1.24 bits per heavy atom. The molecule has 0 aromatic carbocycles. The maximum absolute atomic E-state index is 11.8. The summed E-state index contributed by atoms with van der Waals surface area (Å²) in [5.74, 6) is -0.831. The second-order valence-electron chi connectivity index (χ2n) is 3.29. The molecule has 0 aromatic heterocycles. The van der Waals surface area contributed by atoms with E-state index in [1.807, 2.05) is 0 Å². The minimum absolute atomic E-state index is 0.663. The predicted octanol–water partition coefficient (Wildman–Crippen LogP) is 0.874. The van der Waals surface area contributed by atoms with E-state index in [-0.39, 0.29) is 0 Å². The molecule has 0 heterocycles. The average molecular weight is 285 g/mol. The van der Waals surface area contributed by atoms with E-state index in [1.54, 1.807) is 4.72 Å². The maximum atomic E-state index is 11.8. The summed E-state index contributed by atoms with van der Waals surface area (Å²) in [6.45, 7) is -0.925. The average Bonchev–Trinajstić information content (AvgIpc) is 2.11.